The maximum atomic E-state index is 12.8. The lowest BCUT2D eigenvalue weighted by molar-refractivity contribution is 0.0598. The van der Waals surface area contributed by atoms with E-state index >= 15 is 0 Å². The van der Waals surface area contributed by atoms with Gasteiger partial charge in [0.15, 0.2) is 0 Å². The summed E-state index contributed by atoms with van der Waals surface area (Å²) in [5.41, 5.74) is 3.30. The topological polar surface area (TPSA) is 37.4 Å². The maximum absolute atomic E-state index is 12.8. The zero-order chi connectivity index (χ0) is 16.0. The van der Waals surface area contributed by atoms with Crippen molar-refractivity contribution in [1.82, 2.24) is 4.90 Å². The molecule has 0 N–H and O–H groups in total. The van der Waals surface area contributed by atoms with Crippen LogP contribution in [0.3, 0.4) is 0 Å². The number of aryl methyl sites for hydroxylation is 1. The zero-order valence-corrected chi connectivity index (χ0v) is 12.7. The minimum absolute atomic E-state index is 0.222. The van der Waals surface area contributed by atoms with Crippen LogP contribution >= 0.6 is 0 Å². The van der Waals surface area contributed by atoms with E-state index in [4.69, 9.17) is 0 Å². The van der Waals surface area contributed by atoms with Gasteiger partial charge in [-0.25, -0.2) is 0 Å². The van der Waals surface area contributed by atoms with E-state index in [2.05, 4.69) is 0 Å². The van der Waals surface area contributed by atoms with Crippen molar-refractivity contribution < 1.29 is 9.59 Å². The van der Waals surface area contributed by atoms with Gasteiger partial charge in [-0.2, -0.15) is 0 Å². The molecule has 4 rings (SSSR count). The van der Waals surface area contributed by atoms with Gasteiger partial charge in [0, 0.05) is 16.5 Å². The highest BCUT2D eigenvalue weighted by Crippen LogP contribution is 2.30. The average Bonchev–Trinajstić information content (AvgIpc) is 2.58. The van der Waals surface area contributed by atoms with E-state index < -0.39 is 0 Å². The number of rotatable bonds is 2. The Hall–Kier alpha value is -2.94. The van der Waals surface area contributed by atoms with E-state index in [1.165, 1.54) is 4.90 Å². The molecule has 0 saturated heterocycles. The van der Waals surface area contributed by atoms with Crippen molar-refractivity contribution in [2.24, 2.45) is 0 Å². The molecule has 0 aliphatic carbocycles. The van der Waals surface area contributed by atoms with Crippen LogP contribution in [0, 0.1) is 6.92 Å². The van der Waals surface area contributed by atoms with Gasteiger partial charge in [-0.1, -0.05) is 54.1 Å². The second kappa shape index (κ2) is 5.06. The van der Waals surface area contributed by atoms with Crippen molar-refractivity contribution in [3.8, 4) is 0 Å². The molecule has 2 amide bonds. The molecule has 3 aromatic rings. The fourth-order valence-electron chi connectivity index (χ4n) is 3.10. The van der Waals surface area contributed by atoms with E-state index in [0.29, 0.717) is 17.7 Å². The van der Waals surface area contributed by atoms with Crippen molar-refractivity contribution in [2.75, 3.05) is 0 Å². The fraction of sp³-hybridized carbons (Fsp3) is 0.100. The van der Waals surface area contributed by atoms with Gasteiger partial charge in [-0.05, 0) is 30.0 Å². The van der Waals surface area contributed by atoms with E-state index in [1.807, 2.05) is 55.5 Å². The van der Waals surface area contributed by atoms with Crippen LogP contribution < -0.4 is 0 Å². The first-order valence-corrected chi connectivity index (χ1v) is 7.58. The summed E-state index contributed by atoms with van der Waals surface area (Å²) in [7, 11) is 0. The summed E-state index contributed by atoms with van der Waals surface area (Å²) in [6.45, 7) is 2.31. The molecular weight excluding hydrogens is 286 g/mol. The predicted molar refractivity (Wildman–Crippen MR) is 89.3 cm³/mol. The molecule has 1 aliphatic heterocycles. The summed E-state index contributed by atoms with van der Waals surface area (Å²) in [6, 6.07) is 19.1. The Kier molecular flexibility index (Phi) is 3.01. The molecule has 0 fully saturated rings. The minimum atomic E-state index is -0.222. The summed E-state index contributed by atoms with van der Waals surface area (Å²) >= 11 is 0. The van der Waals surface area contributed by atoms with Crippen molar-refractivity contribution in [3.63, 3.8) is 0 Å². The van der Waals surface area contributed by atoms with Gasteiger partial charge in [0.2, 0.25) is 0 Å². The molecule has 0 radical (unpaired) electrons. The largest absolute Gasteiger partial charge is 0.270 e. The van der Waals surface area contributed by atoms with E-state index in [9.17, 15) is 9.59 Å². The number of hydrogen-bond acceptors (Lipinski definition) is 2. The Morgan fingerprint density at radius 1 is 0.783 bits per heavy atom. The normalized spacial score (nSPS) is 13.7. The highest BCUT2D eigenvalue weighted by Gasteiger charge is 2.32. The third-order valence-electron chi connectivity index (χ3n) is 4.32. The molecule has 1 aliphatic rings. The van der Waals surface area contributed by atoms with Crippen LogP contribution in [0.25, 0.3) is 10.8 Å². The van der Waals surface area contributed by atoms with E-state index in [-0.39, 0.29) is 11.8 Å². The molecule has 0 saturated carbocycles. The predicted octanol–water partition coefficient (Wildman–Crippen LogP) is 3.94. The first-order chi connectivity index (χ1) is 11.1. The Morgan fingerprint density at radius 3 is 1.91 bits per heavy atom. The summed E-state index contributed by atoms with van der Waals surface area (Å²) in [4.78, 5) is 26.9. The van der Waals surface area contributed by atoms with Gasteiger partial charge < -0.3 is 0 Å². The Labute approximate surface area is 134 Å². The van der Waals surface area contributed by atoms with Crippen LogP contribution in [0.1, 0.15) is 31.8 Å². The lowest BCUT2D eigenvalue weighted by atomic mass is 9.94. The number of amides is 2. The van der Waals surface area contributed by atoms with Crippen LogP contribution in [-0.4, -0.2) is 16.7 Å². The monoisotopic (exact) mass is 301 g/mol. The third-order valence-corrected chi connectivity index (χ3v) is 4.32. The number of imide groups is 1. The first kappa shape index (κ1) is 13.7. The highest BCUT2D eigenvalue weighted by atomic mass is 16.2. The molecule has 23 heavy (non-hydrogen) atoms. The quantitative estimate of drug-likeness (QED) is 0.672. The van der Waals surface area contributed by atoms with Crippen LogP contribution in [0.2, 0.25) is 0 Å². The summed E-state index contributed by atoms with van der Waals surface area (Å²) < 4.78 is 0. The van der Waals surface area contributed by atoms with Gasteiger partial charge in [0.25, 0.3) is 11.8 Å². The number of nitrogens with zero attached hydrogens (tertiary/aromatic N) is 1. The summed E-state index contributed by atoms with van der Waals surface area (Å²) in [5, 5.41) is 1.70. The van der Waals surface area contributed by atoms with Crippen molar-refractivity contribution in [3.05, 3.63) is 82.9 Å². The molecule has 112 valence electrons. The molecule has 0 aromatic heterocycles. The van der Waals surface area contributed by atoms with E-state index in [1.54, 1.807) is 12.1 Å². The molecule has 3 nitrogen and oxygen atoms in total. The second-order valence-electron chi connectivity index (χ2n) is 5.89. The van der Waals surface area contributed by atoms with Crippen LogP contribution in [0.4, 0.5) is 0 Å². The summed E-state index contributed by atoms with van der Waals surface area (Å²) in [6.07, 6.45) is 0. The highest BCUT2D eigenvalue weighted by molar-refractivity contribution is 6.25. The number of carbonyl (C=O) groups is 2. The molecule has 3 aromatic carbocycles. The Balaban J connectivity index is 1.81. The van der Waals surface area contributed by atoms with Gasteiger partial charge in [-0.15, -0.1) is 0 Å². The van der Waals surface area contributed by atoms with Crippen LogP contribution in [0.5, 0.6) is 0 Å². The molecule has 1 heterocycles. The van der Waals surface area contributed by atoms with Crippen molar-refractivity contribution in [2.45, 2.75) is 13.5 Å². The van der Waals surface area contributed by atoms with Gasteiger partial charge >= 0.3 is 0 Å². The molecule has 0 bridgehead atoms. The third kappa shape index (κ3) is 2.13. The molecule has 3 heteroatoms. The van der Waals surface area contributed by atoms with Crippen LogP contribution in [0.15, 0.2) is 60.7 Å². The van der Waals surface area contributed by atoms with Gasteiger partial charge in [0.1, 0.15) is 0 Å². The number of carbonyl (C=O) groups excluding carboxylic acids is 2. The standard InChI is InChI=1S/C20H15NO2/c1-13-8-10-14(11-9-13)12-21-19(22)16-6-2-4-15-5-3-7-17(18(15)16)20(21)23/h2-11H,12H2,1H3. The SMILES string of the molecule is Cc1ccc(CN2C(=O)c3cccc4cccc(c34)C2=O)cc1. The first-order valence-electron chi connectivity index (χ1n) is 7.58. The fourth-order valence-corrected chi connectivity index (χ4v) is 3.10. The maximum Gasteiger partial charge on any atom is 0.261 e. The Bertz CT molecular complexity index is 891. The van der Waals surface area contributed by atoms with E-state index in [0.717, 1.165) is 21.9 Å². The van der Waals surface area contributed by atoms with Gasteiger partial charge in [-0.3, -0.25) is 14.5 Å². The Morgan fingerprint density at radius 2 is 1.35 bits per heavy atom. The zero-order valence-electron chi connectivity index (χ0n) is 12.7. The summed E-state index contributed by atoms with van der Waals surface area (Å²) in [5.74, 6) is -0.445. The molecule has 0 unspecified atom stereocenters. The second-order valence-corrected chi connectivity index (χ2v) is 5.89. The minimum Gasteiger partial charge on any atom is -0.270 e. The van der Waals surface area contributed by atoms with Crippen LogP contribution in [-0.2, 0) is 6.54 Å². The van der Waals surface area contributed by atoms with Crippen molar-refractivity contribution >= 4 is 22.6 Å². The average molecular weight is 301 g/mol. The molecule has 0 spiro atoms. The lowest BCUT2D eigenvalue weighted by Crippen LogP contribution is -2.39. The smallest absolute Gasteiger partial charge is 0.261 e. The number of hydrogen-bond donors (Lipinski definition) is 0. The lowest BCUT2D eigenvalue weighted by Gasteiger charge is -2.27. The molecule has 0 atom stereocenters. The van der Waals surface area contributed by atoms with Gasteiger partial charge in [0.05, 0.1) is 6.54 Å². The molecular formula is C20H15NO2. The number of benzene rings is 3. The van der Waals surface area contributed by atoms with Crippen molar-refractivity contribution in [1.29, 1.82) is 0 Å².